The number of rotatable bonds is 2. The fourth-order valence-corrected chi connectivity index (χ4v) is 3.66. The molecule has 5 nitrogen and oxygen atoms in total. The Balaban J connectivity index is 1.65. The predicted octanol–water partition coefficient (Wildman–Crippen LogP) is 2.65. The van der Waals surface area contributed by atoms with Crippen LogP contribution in [0.15, 0.2) is 48.5 Å². The van der Waals surface area contributed by atoms with Crippen LogP contribution in [0.25, 0.3) is 0 Å². The fraction of sp³-hybridized carbons (Fsp3) is 0.250. The van der Waals surface area contributed by atoms with Crippen LogP contribution in [0, 0.1) is 0 Å². The van der Waals surface area contributed by atoms with E-state index in [-0.39, 0.29) is 5.91 Å². The van der Waals surface area contributed by atoms with Gasteiger partial charge >= 0.3 is 0 Å². The van der Waals surface area contributed by atoms with Crippen molar-refractivity contribution in [2.24, 2.45) is 0 Å². The minimum Gasteiger partial charge on any atom is -0.310 e. The lowest BCUT2D eigenvalue weighted by atomic mass is 10.0. The standard InChI is InChI=1S/C20H18N2O3/c1-13(22-19(24)15-9-3-4-10-16(15)20(22)25)18(23)21-12-6-8-14-7-2-5-11-17(14)21/h2-5,7,9-11,13H,6,8,12H2,1H3/t13-/m0/s1. The van der Waals surface area contributed by atoms with E-state index in [1.165, 1.54) is 0 Å². The number of aryl methyl sites for hydroxylation is 1. The van der Waals surface area contributed by atoms with Crippen LogP contribution in [0.2, 0.25) is 0 Å². The number of hydrogen-bond donors (Lipinski definition) is 0. The van der Waals surface area contributed by atoms with Gasteiger partial charge in [-0.2, -0.15) is 0 Å². The summed E-state index contributed by atoms with van der Waals surface area (Å²) in [6, 6.07) is 13.7. The summed E-state index contributed by atoms with van der Waals surface area (Å²) in [7, 11) is 0. The lowest BCUT2D eigenvalue weighted by Gasteiger charge is -2.33. The predicted molar refractivity (Wildman–Crippen MR) is 93.5 cm³/mol. The average Bonchev–Trinajstić information content (AvgIpc) is 2.91. The van der Waals surface area contributed by atoms with Gasteiger partial charge in [0.1, 0.15) is 6.04 Å². The molecule has 0 saturated carbocycles. The first kappa shape index (κ1) is 15.6. The number of imide groups is 1. The van der Waals surface area contributed by atoms with E-state index >= 15 is 0 Å². The monoisotopic (exact) mass is 334 g/mol. The van der Waals surface area contributed by atoms with Gasteiger partial charge in [-0.3, -0.25) is 19.3 Å². The second-order valence-electron chi connectivity index (χ2n) is 6.42. The Hall–Kier alpha value is -2.95. The molecule has 0 fully saturated rings. The SMILES string of the molecule is C[C@@H](C(=O)N1CCCc2ccccc21)N1C(=O)c2ccccc2C1=O. The molecule has 0 unspecified atom stereocenters. The summed E-state index contributed by atoms with van der Waals surface area (Å²) in [4.78, 5) is 41.1. The smallest absolute Gasteiger partial charge is 0.262 e. The van der Waals surface area contributed by atoms with Gasteiger partial charge in [0.25, 0.3) is 11.8 Å². The number of benzene rings is 2. The molecule has 2 aromatic rings. The number of amides is 3. The van der Waals surface area contributed by atoms with Gasteiger partial charge in [0.2, 0.25) is 5.91 Å². The van der Waals surface area contributed by atoms with Crippen LogP contribution in [0.1, 0.15) is 39.6 Å². The van der Waals surface area contributed by atoms with E-state index in [1.54, 1.807) is 36.1 Å². The summed E-state index contributed by atoms with van der Waals surface area (Å²) in [5.41, 5.74) is 2.73. The Morgan fingerprint density at radius 1 is 0.960 bits per heavy atom. The zero-order valence-corrected chi connectivity index (χ0v) is 13.9. The van der Waals surface area contributed by atoms with Gasteiger partial charge < -0.3 is 4.90 Å². The van der Waals surface area contributed by atoms with Crippen LogP contribution >= 0.6 is 0 Å². The fourth-order valence-electron chi connectivity index (χ4n) is 3.66. The minimum absolute atomic E-state index is 0.221. The lowest BCUT2D eigenvalue weighted by molar-refractivity contribution is -0.122. The summed E-state index contributed by atoms with van der Waals surface area (Å²) in [6.45, 7) is 2.23. The Labute approximate surface area is 145 Å². The van der Waals surface area contributed by atoms with Gasteiger partial charge in [-0.15, -0.1) is 0 Å². The van der Waals surface area contributed by atoms with Crippen LogP contribution in [-0.4, -0.2) is 35.2 Å². The molecule has 0 N–H and O–H groups in total. The van der Waals surface area contributed by atoms with E-state index in [9.17, 15) is 14.4 Å². The minimum atomic E-state index is -0.835. The van der Waals surface area contributed by atoms with Gasteiger partial charge in [0.05, 0.1) is 11.1 Å². The third-order valence-corrected chi connectivity index (χ3v) is 4.95. The molecule has 126 valence electrons. The molecule has 1 atom stereocenters. The highest BCUT2D eigenvalue weighted by Gasteiger charge is 2.42. The topological polar surface area (TPSA) is 57.7 Å². The molecule has 2 aromatic carbocycles. The Morgan fingerprint density at radius 3 is 2.24 bits per heavy atom. The largest absolute Gasteiger partial charge is 0.310 e. The molecule has 0 radical (unpaired) electrons. The number of nitrogens with zero attached hydrogens (tertiary/aromatic N) is 2. The summed E-state index contributed by atoms with van der Waals surface area (Å²) < 4.78 is 0. The van der Waals surface area contributed by atoms with Crippen LogP contribution in [0.5, 0.6) is 0 Å². The van der Waals surface area contributed by atoms with Crippen LogP contribution in [0.3, 0.4) is 0 Å². The number of para-hydroxylation sites is 1. The number of carbonyl (C=O) groups excluding carboxylic acids is 3. The molecular weight excluding hydrogens is 316 g/mol. The maximum Gasteiger partial charge on any atom is 0.262 e. The van der Waals surface area contributed by atoms with Crippen molar-refractivity contribution in [3.05, 3.63) is 65.2 Å². The maximum atomic E-state index is 13.1. The molecule has 5 heteroatoms. The highest BCUT2D eigenvalue weighted by atomic mass is 16.2. The van der Waals surface area contributed by atoms with Crippen LogP contribution in [0.4, 0.5) is 5.69 Å². The van der Waals surface area contributed by atoms with Crippen molar-refractivity contribution in [1.29, 1.82) is 0 Å². The first-order valence-electron chi connectivity index (χ1n) is 8.46. The van der Waals surface area contributed by atoms with Crippen molar-refractivity contribution in [1.82, 2.24) is 4.90 Å². The third-order valence-electron chi connectivity index (χ3n) is 4.95. The van der Waals surface area contributed by atoms with E-state index in [4.69, 9.17) is 0 Å². The normalized spacial score (nSPS) is 17.3. The van der Waals surface area contributed by atoms with Crippen molar-refractivity contribution in [2.75, 3.05) is 11.4 Å². The molecule has 0 aliphatic carbocycles. The molecule has 2 heterocycles. The first-order valence-corrected chi connectivity index (χ1v) is 8.46. The quantitative estimate of drug-likeness (QED) is 0.794. The van der Waals surface area contributed by atoms with Crippen molar-refractivity contribution in [3.63, 3.8) is 0 Å². The number of fused-ring (bicyclic) bond motifs is 2. The van der Waals surface area contributed by atoms with E-state index in [0.717, 1.165) is 29.0 Å². The van der Waals surface area contributed by atoms with E-state index in [0.29, 0.717) is 17.7 Å². The molecule has 0 saturated heterocycles. The van der Waals surface area contributed by atoms with Gasteiger partial charge in [-0.1, -0.05) is 30.3 Å². The maximum absolute atomic E-state index is 13.1. The molecule has 3 amide bonds. The molecule has 0 aromatic heterocycles. The molecule has 2 aliphatic heterocycles. The summed E-state index contributed by atoms with van der Waals surface area (Å²) in [6.07, 6.45) is 1.80. The number of hydrogen-bond acceptors (Lipinski definition) is 3. The number of anilines is 1. The van der Waals surface area contributed by atoms with Gasteiger partial charge in [-0.25, -0.2) is 0 Å². The van der Waals surface area contributed by atoms with Crippen molar-refractivity contribution < 1.29 is 14.4 Å². The van der Waals surface area contributed by atoms with Gasteiger partial charge in [0.15, 0.2) is 0 Å². The summed E-state index contributed by atoms with van der Waals surface area (Å²) in [5, 5.41) is 0. The number of carbonyl (C=O) groups is 3. The molecule has 0 bridgehead atoms. The average molecular weight is 334 g/mol. The van der Waals surface area contributed by atoms with E-state index in [1.807, 2.05) is 24.3 Å². The van der Waals surface area contributed by atoms with E-state index < -0.39 is 17.9 Å². The van der Waals surface area contributed by atoms with Crippen LogP contribution < -0.4 is 4.90 Å². The zero-order chi connectivity index (χ0) is 17.6. The third kappa shape index (κ3) is 2.35. The second-order valence-corrected chi connectivity index (χ2v) is 6.42. The highest BCUT2D eigenvalue weighted by Crippen LogP contribution is 2.30. The van der Waals surface area contributed by atoms with Gasteiger partial charge in [0, 0.05) is 12.2 Å². The van der Waals surface area contributed by atoms with Crippen molar-refractivity contribution in [2.45, 2.75) is 25.8 Å². The Bertz CT molecular complexity index is 855. The zero-order valence-electron chi connectivity index (χ0n) is 13.9. The van der Waals surface area contributed by atoms with Crippen molar-refractivity contribution >= 4 is 23.4 Å². The highest BCUT2D eigenvalue weighted by molar-refractivity contribution is 6.23. The molecular formula is C20H18N2O3. The summed E-state index contributed by atoms with van der Waals surface area (Å²) in [5.74, 6) is -1.01. The van der Waals surface area contributed by atoms with E-state index in [2.05, 4.69) is 0 Å². The molecule has 0 spiro atoms. The van der Waals surface area contributed by atoms with Gasteiger partial charge in [-0.05, 0) is 43.5 Å². The molecule has 4 rings (SSSR count). The molecule has 2 aliphatic rings. The lowest BCUT2D eigenvalue weighted by Crippen LogP contribution is -2.50. The Morgan fingerprint density at radius 2 is 1.56 bits per heavy atom. The van der Waals surface area contributed by atoms with Crippen LogP contribution in [-0.2, 0) is 11.2 Å². The van der Waals surface area contributed by atoms with Crippen molar-refractivity contribution in [3.8, 4) is 0 Å². The Kier molecular flexibility index (Phi) is 3.64. The first-order chi connectivity index (χ1) is 12.1. The second kappa shape index (κ2) is 5.84. The molecule has 25 heavy (non-hydrogen) atoms. The summed E-state index contributed by atoms with van der Waals surface area (Å²) >= 11 is 0.